The predicted molar refractivity (Wildman–Crippen MR) is 110 cm³/mol. The van der Waals surface area contributed by atoms with E-state index in [9.17, 15) is 4.80 Å². The van der Waals surface area contributed by atoms with Crippen molar-refractivity contribution in [3.8, 4) is 0 Å². The summed E-state index contributed by atoms with van der Waals surface area (Å²) < 4.78 is 3.60. The number of fused-ring (bicyclic) bond motifs is 1. The van der Waals surface area contributed by atoms with Gasteiger partial charge in [0, 0.05) is 22.0 Å². The van der Waals surface area contributed by atoms with Crippen molar-refractivity contribution >= 4 is 41.9 Å². The van der Waals surface area contributed by atoms with Gasteiger partial charge in [-0.15, -0.1) is 0 Å². The second-order valence-electron chi connectivity index (χ2n) is 8.47. The molecule has 1 saturated carbocycles. The molecule has 132 valence electrons. The number of aromatic nitrogens is 3. The van der Waals surface area contributed by atoms with E-state index in [-0.39, 0.29) is 5.04 Å². The minimum Gasteiger partial charge on any atom is -0.432 e. The van der Waals surface area contributed by atoms with Crippen LogP contribution >= 0.6 is 22.6 Å². The molecule has 0 aliphatic heterocycles. The Hall–Kier alpha value is -0.473. The number of halogens is 1. The van der Waals surface area contributed by atoms with E-state index in [0.29, 0.717) is 6.04 Å². The predicted octanol–water partition coefficient (Wildman–Crippen LogP) is 5.13. The highest BCUT2D eigenvalue weighted by molar-refractivity contribution is 14.1. The molecule has 1 fully saturated rings. The Morgan fingerprint density at radius 1 is 1.29 bits per heavy atom. The average molecular weight is 457 g/mol. The van der Waals surface area contributed by atoms with E-state index in [4.69, 9.17) is 0 Å². The maximum Gasteiger partial charge on any atom is 0.188 e. The van der Waals surface area contributed by atoms with Crippen molar-refractivity contribution in [1.82, 2.24) is 14.5 Å². The zero-order valence-electron chi connectivity index (χ0n) is 15.1. The lowest BCUT2D eigenvalue weighted by atomic mass is 9.81. The maximum absolute atomic E-state index is 10.5. The van der Waals surface area contributed by atoms with Crippen molar-refractivity contribution in [3.05, 3.63) is 22.3 Å². The van der Waals surface area contributed by atoms with Crippen LogP contribution in [-0.4, -0.2) is 27.6 Å². The highest BCUT2D eigenvalue weighted by Crippen LogP contribution is 2.46. The van der Waals surface area contributed by atoms with E-state index < -0.39 is 8.32 Å². The summed E-state index contributed by atoms with van der Waals surface area (Å²) in [5.74, 6) is 0.741. The molecule has 1 N–H and O–H groups in total. The Kier molecular flexibility index (Phi) is 5.10. The van der Waals surface area contributed by atoms with Crippen LogP contribution < -0.4 is 0 Å². The molecule has 0 aromatic carbocycles. The Bertz CT molecular complexity index is 715. The van der Waals surface area contributed by atoms with E-state index in [1.165, 1.54) is 29.3 Å². The van der Waals surface area contributed by atoms with Gasteiger partial charge in [-0.05, 0) is 78.7 Å². The van der Waals surface area contributed by atoms with Crippen LogP contribution in [0.3, 0.4) is 0 Å². The van der Waals surface area contributed by atoms with Crippen LogP contribution in [0.5, 0.6) is 0 Å². The molecule has 6 heteroatoms. The quantitative estimate of drug-likeness (QED) is 0.511. The van der Waals surface area contributed by atoms with Gasteiger partial charge in [0.2, 0.25) is 0 Å². The first kappa shape index (κ1) is 18.3. The second-order valence-corrected chi connectivity index (χ2v) is 14.1. The zero-order chi connectivity index (χ0) is 17.5. The molecule has 24 heavy (non-hydrogen) atoms. The molecule has 1 aliphatic rings. The van der Waals surface area contributed by atoms with Gasteiger partial charge in [0.1, 0.15) is 12.0 Å². The smallest absolute Gasteiger partial charge is 0.188 e. The number of rotatable bonds is 4. The first-order valence-electron chi connectivity index (χ1n) is 8.87. The highest BCUT2D eigenvalue weighted by atomic mass is 127. The summed E-state index contributed by atoms with van der Waals surface area (Å²) in [5, 5.41) is 1.25. The average Bonchev–Trinajstić information content (AvgIpc) is 2.84. The summed E-state index contributed by atoms with van der Waals surface area (Å²) in [6, 6.07) is 0.546. The Morgan fingerprint density at radius 2 is 1.96 bits per heavy atom. The Balaban J connectivity index is 1.69. The fourth-order valence-corrected chi connectivity index (χ4v) is 5.30. The standard InChI is InChI=1S/C18H28IN3OSi/c1-18(2,24(3,4)23)9-13-5-7-14(8-6-13)22-11-16(19)15-10-20-12-21-17(15)22/h10-14,23H,5-9H2,1-4H3. The van der Waals surface area contributed by atoms with Crippen molar-refractivity contribution in [1.29, 1.82) is 0 Å². The molecule has 2 heterocycles. The SMILES string of the molecule is CC(C)(CC1CCC(n2cc(I)c3cncnc32)CC1)[Si](C)(C)O. The van der Waals surface area contributed by atoms with Gasteiger partial charge >= 0.3 is 0 Å². The van der Waals surface area contributed by atoms with E-state index in [0.717, 1.165) is 23.4 Å². The minimum absolute atomic E-state index is 0.0905. The molecule has 1 aliphatic carbocycles. The van der Waals surface area contributed by atoms with Crippen molar-refractivity contribution in [2.45, 2.75) is 70.1 Å². The fourth-order valence-electron chi connectivity index (χ4n) is 3.83. The summed E-state index contributed by atoms with van der Waals surface area (Å²) >= 11 is 2.38. The molecule has 0 atom stereocenters. The summed E-state index contributed by atoms with van der Waals surface area (Å²) in [5.41, 5.74) is 1.07. The molecule has 0 spiro atoms. The van der Waals surface area contributed by atoms with E-state index >= 15 is 0 Å². The third-order valence-electron chi connectivity index (χ3n) is 6.11. The minimum atomic E-state index is -2.11. The zero-order valence-corrected chi connectivity index (χ0v) is 18.2. The van der Waals surface area contributed by atoms with Crippen LogP contribution in [0.1, 0.15) is 52.0 Å². The van der Waals surface area contributed by atoms with Gasteiger partial charge in [-0.1, -0.05) is 13.8 Å². The third-order valence-corrected chi connectivity index (χ3v) is 10.5. The van der Waals surface area contributed by atoms with Gasteiger partial charge in [-0.3, -0.25) is 0 Å². The third kappa shape index (κ3) is 3.55. The highest BCUT2D eigenvalue weighted by Gasteiger charge is 2.40. The molecule has 0 bridgehead atoms. The van der Waals surface area contributed by atoms with Gasteiger partial charge in [0.25, 0.3) is 0 Å². The van der Waals surface area contributed by atoms with Crippen LogP contribution in [0.25, 0.3) is 11.0 Å². The lowest BCUT2D eigenvalue weighted by Crippen LogP contribution is -2.40. The molecule has 0 unspecified atom stereocenters. The molecule has 3 rings (SSSR count). The monoisotopic (exact) mass is 457 g/mol. The van der Waals surface area contributed by atoms with E-state index in [2.05, 4.69) is 70.3 Å². The topological polar surface area (TPSA) is 50.9 Å². The first-order valence-corrected chi connectivity index (χ1v) is 12.9. The second kappa shape index (κ2) is 6.68. The van der Waals surface area contributed by atoms with Crippen LogP contribution in [0, 0.1) is 9.49 Å². The molecular formula is C18H28IN3OSi. The molecule has 0 amide bonds. The lowest BCUT2D eigenvalue weighted by molar-refractivity contribution is 0.244. The van der Waals surface area contributed by atoms with Crippen LogP contribution in [-0.2, 0) is 0 Å². The number of hydrogen-bond acceptors (Lipinski definition) is 3. The maximum atomic E-state index is 10.5. The summed E-state index contributed by atoms with van der Waals surface area (Å²) in [7, 11) is -2.11. The van der Waals surface area contributed by atoms with Crippen molar-refractivity contribution < 1.29 is 4.80 Å². The van der Waals surface area contributed by atoms with Gasteiger partial charge in [-0.25, -0.2) is 9.97 Å². The number of nitrogens with zero attached hydrogens (tertiary/aromatic N) is 3. The van der Waals surface area contributed by atoms with Gasteiger partial charge in [-0.2, -0.15) is 0 Å². The van der Waals surface area contributed by atoms with E-state index in [1.54, 1.807) is 6.33 Å². The van der Waals surface area contributed by atoms with Crippen molar-refractivity contribution in [2.75, 3.05) is 0 Å². The van der Waals surface area contributed by atoms with E-state index in [1.807, 2.05) is 6.20 Å². The Morgan fingerprint density at radius 3 is 2.58 bits per heavy atom. The molecule has 2 aromatic rings. The fraction of sp³-hybridized carbons (Fsp3) is 0.667. The van der Waals surface area contributed by atoms with Crippen LogP contribution in [0.4, 0.5) is 0 Å². The van der Waals surface area contributed by atoms with Crippen molar-refractivity contribution in [2.24, 2.45) is 5.92 Å². The van der Waals surface area contributed by atoms with Gasteiger partial charge in [0.05, 0.1) is 5.39 Å². The van der Waals surface area contributed by atoms with Gasteiger partial charge < -0.3 is 9.36 Å². The lowest BCUT2D eigenvalue weighted by Gasteiger charge is -2.40. The van der Waals surface area contributed by atoms with Crippen molar-refractivity contribution in [3.63, 3.8) is 0 Å². The van der Waals surface area contributed by atoms with Crippen LogP contribution in [0.2, 0.25) is 18.1 Å². The molecule has 0 radical (unpaired) electrons. The summed E-state index contributed by atoms with van der Waals surface area (Å²) in [6.07, 6.45) is 11.9. The largest absolute Gasteiger partial charge is 0.432 e. The van der Waals surface area contributed by atoms with Gasteiger partial charge in [0.15, 0.2) is 8.32 Å². The summed E-state index contributed by atoms with van der Waals surface area (Å²) in [4.78, 5) is 19.2. The molecule has 2 aromatic heterocycles. The summed E-state index contributed by atoms with van der Waals surface area (Å²) in [6.45, 7) is 8.66. The normalized spacial score (nSPS) is 22.9. The Labute approximate surface area is 159 Å². The first-order chi connectivity index (χ1) is 11.2. The van der Waals surface area contributed by atoms with Crippen LogP contribution in [0.15, 0.2) is 18.7 Å². The molecular weight excluding hydrogens is 429 g/mol. The number of hydrogen-bond donors (Lipinski definition) is 1. The molecule has 4 nitrogen and oxygen atoms in total. The molecule has 0 saturated heterocycles.